The van der Waals surface area contributed by atoms with Gasteiger partial charge in [0.05, 0.1) is 24.0 Å². The molecule has 5 rings (SSSR count). The number of piperidine rings is 1. The number of carbonyl (C=O) groups is 2. The molecule has 2 amide bonds. The molecular weight excluding hydrogens is 467 g/mol. The average Bonchev–Trinajstić information content (AvgIpc) is 3.28. The van der Waals surface area contributed by atoms with Crippen LogP contribution in [0.3, 0.4) is 0 Å². The van der Waals surface area contributed by atoms with E-state index < -0.39 is 5.60 Å². The molecule has 1 saturated carbocycles. The van der Waals surface area contributed by atoms with Crippen LogP contribution in [0.4, 0.5) is 4.39 Å². The Morgan fingerprint density at radius 2 is 1.92 bits per heavy atom. The van der Waals surface area contributed by atoms with Crippen LogP contribution in [0.1, 0.15) is 25.7 Å². The van der Waals surface area contributed by atoms with Gasteiger partial charge in [0, 0.05) is 25.0 Å². The minimum Gasteiger partial charge on any atom is -0.388 e. The van der Waals surface area contributed by atoms with Crippen LogP contribution in [0, 0.1) is 11.7 Å². The van der Waals surface area contributed by atoms with Gasteiger partial charge in [0.25, 0.3) is 5.56 Å². The van der Waals surface area contributed by atoms with E-state index in [0.29, 0.717) is 55.5 Å². The van der Waals surface area contributed by atoms with Gasteiger partial charge in [-0.2, -0.15) is 5.10 Å². The SMILES string of the molecule is C=CC(=O)N[C@H]1C[C@@H](C(=O)N2CCC(O)(Cn3cnc4c(cnn4-c4ccc(F)cc4)c3=O)CC2)C1. The summed E-state index contributed by atoms with van der Waals surface area (Å²) in [6.07, 6.45) is 5.89. The lowest BCUT2D eigenvalue weighted by atomic mass is 9.78. The first-order chi connectivity index (χ1) is 17.3. The number of aliphatic hydroxyl groups is 1. The van der Waals surface area contributed by atoms with Crippen LogP contribution in [0.25, 0.3) is 16.7 Å². The zero-order chi connectivity index (χ0) is 25.4. The van der Waals surface area contributed by atoms with E-state index in [1.807, 2.05) is 0 Å². The van der Waals surface area contributed by atoms with Crippen molar-refractivity contribution in [2.45, 2.75) is 43.9 Å². The van der Waals surface area contributed by atoms with Crippen molar-refractivity contribution in [3.8, 4) is 5.69 Å². The zero-order valence-corrected chi connectivity index (χ0v) is 19.6. The summed E-state index contributed by atoms with van der Waals surface area (Å²) in [5.74, 6) is -0.701. The number of hydrogen-bond acceptors (Lipinski definition) is 6. The maximum atomic E-state index is 13.3. The molecule has 0 spiro atoms. The number of likely N-dealkylation sites (tertiary alicyclic amines) is 1. The molecule has 188 valence electrons. The van der Waals surface area contributed by atoms with E-state index in [-0.39, 0.29) is 41.7 Å². The van der Waals surface area contributed by atoms with E-state index in [9.17, 15) is 23.9 Å². The lowest BCUT2D eigenvalue weighted by Gasteiger charge is -2.42. The molecule has 1 aliphatic heterocycles. The molecule has 11 heteroatoms. The number of hydrogen-bond donors (Lipinski definition) is 2. The average molecular weight is 495 g/mol. The predicted octanol–water partition coefficient (Wildman–Crippen LogP) is 1.16. The number of benzene rings is 1. The minimum absolute atomic E-state index is 0.00659. The smallest absolute Gasteiger partial charge is 0.264 e. The first-order valence-electron chi connectivity index (χ1n) is 11.9. The monoisotopic (exact) mass is 494 g/mol. The van der Waals surface area contributed by atoms with Crippen molar-refractivity contribution in [1.82, 2.24) is 29.5 Å². The summed E-state index contributed by atoms with van der Waals surface area (Å²) < 4.78 is 16.1. The molecule has 1 aliphatic carbocycles. The van der Waals surface area contributed by atoms with E-state index in [4.69, 9.17) is 0 Å². The van der Waals surface area contributed by atoms with Gasteiger partial charge in [-0.05, 0) is 56.0 Å². The molecule has 1 saturated heterocycles. The molecule has 0 unspecified atom stereocenters. The van der Waals surface area contributed by atoms with E-state index in [1.165, 1.54) is 40.0 Å². The fourth-order valence-electron chi connectivity index (χ4n) is 4.91. The Bertz CT molecular complexity index is 1370. The molecule has 2 fully saturated rings. The van der Waals surface area contributed by atoms with Crippen molar-refractivity contribution in [2.24, 2.45) is 5.92 Å². The molecule has 2 aromatic heterocycles. The second-order valence-corrected chi connectivity index (χ2v) is 9.58. The molecule has 3 aromatic rings. The Morgan fingerprint density at radius 1 is 1.22 bits per heavy atom. The van der Waals surface area contributed by atoms with Gasteiger partial charge in [-0.15, -0.1) is 0 Å². The van der Waals surface area contributed by atoms with E-state index in [1.54, 1.807) is 17.0 Å². The number of halogens is 1. The Morgan fingerprint density at radius 3 is 2.58 bits per heavy atom. The molecule has 2 N–H and O–H groups in total. The van der Waals surface area contributed by atoms with Gasteiger partial charge in [0.2, 0.25) is 11.8 Å². The van der Waals surface area contributed by atoms with E-state index in [2.05, 4.69) is 22.0 Å². The molecule has 3 heterocycles. The molecule has 36 heavy (non-hydrogen) atoms. The van der Waals surface area contributed by atoms with Gasteiger partial charge in [-0.1, -0.05) is 6.58 Å². The van der Waals surface area contributed by atoms with Crippen LogP contribution in [0.5, 0.6) is 0 Å². The Labute approximate surface area is 206 Å². The molecule has 2 aliphatic rings. The highest BCUT2D eigenvalue weighted by molar-refractivity contribution is 5.87. The van der Waals surface area contributed by atoms with Crippen LogP contribution < -0.4 is 10.9 Å². The zero-order valence-electron chi connectivity index (χ0n) is 19.6. The molecule has 1 aromatic carbocycles. The van der Waals surface area contributed by atoms with Crippen LogP contribution in [-0.2, 0) is 16.1 Å². The molecule has 10 nitrogen and oxygen atoms in total. The summed E-state index contributed by atoms with van der Waals surface area (Å²) in [6.45, 7) is 4.26. The third kappa shape index (κ3) is 4.53. The molecule has 0 radical (unpaired) electrons. The highest BCUT2D eigenvalue weighted by Crippen LogP contribution is 2.32. The van der Waals surface area contributed by atoms with Gasteiger partial charge in [0.1, 0.15) is 17.5 Å². The first-order valence-corrected chi connectivity index (χ1v) is 11.9. The normalized spacial score (nSPS) is 21.1. The third-order valence-corrected chi connectivity index (χ3v) is 7.12. The quantitative estimate of drug-likeness (QED) is 0.496. The number of rotatable bonds is 6. The molecule has 0 atom stereocenters. The van der Waals surface area contributed by atoms with E-state index >= 15 is 0 Å². The van der Waals surface area contributed by atoms with Crippen molar-refractivity contribution in [3.63, 3.8) is 0 Å². The van der Waals surface area contributed by atoms with Gasteiger partial charge in [-0.3, -0.25) is 19.0 Å². The van der Waals surface area contributed by atoms with E-state index in [0.717, 1.165) is 0 Å². The fraction of sp³-hybridized carbons (Fsp3) is 0.400. The summed E-state index contributed by atoms with van der Waals surface area (Å²) in [6, 6.07) is 5.70. The first kappa shape index (κ1) is 23.9. The minimum atomic E-state index is -1.15. The predicted molar refractivity (Wildman–Crippen MR) is 129 cm³/mol. The number of amides is 2. The Hall–Kier alpha value is -3.86. The number of nitrogens with one attached hydrogen (secondary N) is 1. The van der Waals surface area contributed by atoms with Gasteiger partial charge < -0.3 is 15.3 Å². The lowest BCUT2D eigenvalue weighted by molar-refractivity contribution is -0.144. The maximum absolute atomic E-state index is 13.3. The summed E-state index contributed by atoms with van der Waals surface area (Å²) in [7, 11) is 0. The topological polar surface area (TPSA) is 122 Å². The van der Waals surface area contributed by atoms with Crippen LogP contribution in [0.2, 0.25) is 0 Å². The van der Waals surface area contributed by atoms with Crippen LogP contribution in [0.15, 0.2) is 54.2 Å². The standard InChI is InChI=1S/C25H27FN6O4/c1-2-21(33)29-18-11-16(12-18)23(34)30-9-7-25(36,8-10-30)14-31-15-27-22-20(24(31)35)13-28-32(22)19-5-3-17(26)4-6-19/h2-6,13,15-16,18,36H,1,7-12,14H2,(H,29,33)/t16-,18+. The third-order valence-electron chi connectivity index (χ3n) is 7.12. The van der Waals surface area contributed by atoms with Gasteiger partial charge in [-0.25, -0.2) is 14.1 Å². The van der Waals surface area contributed by atoms with Crippen molar-refractivity contribution in [3.05, 3.63) is 65.6 Å². The highest BCUT2D eigenvalue weighted by atomic mass is 19.1. The van der Waals surface area contributed by atoms with Crippen molar-refractivity contribution < 1.29 is 19.1 Å². The largest absolute Gasteiger partial charge is 0.388 e. The summed E-state index contributed by atoms with van der Waals surface area (Å²) in [5.41, 5.74) is -0.559. The van der Waals surface area contributed by atoms with Gasteiger partial charge >= 0.3 is 0 Å². The van der Waals surface area contributed by atoms with Crippen molar-refractivity contribution >= 4 is 22.8 Å². The number of fused-ring (bicyclic) bond motifs is 1. The fourth-order valence-corrected chi connectivity index (χ4v) is 4.91. The second kappa shape index (κ2) is 9.30. The lowest BCUT2D eigenvalue weighted by Crippen LogP contribution is -2.54. The summed E-state index contributed by atoms with van der Waals surface area (Å²) in [4.78, 5) is 43.4. The second-order valence-electron chi connectivity index (χ2n) is 9.58. The number of aromatic nitrogens is 4. The number of nitrogens with zero attached hydrogens (tertiary/aromatic N) is 5. The van der Waals surface area contributed by atoms with Crippen LogP contribution in [-0.4, -0.2) is 65.9 Å². The van der Waals surface area contributed by atoms with Gasteiger partial charge in [0.15, 0.2) is 5.65 Å². The van der Waals surface area contributed by atoms with Crippen LogP contribution >= 0.6 is 0 Å². The highest BCUT2D eigenvalue weighted by Gasteiger charge is 2.41. The maximum Gasteiger partial charge on any atom is 0.264 e. The van der Waals surface area contributed by atoms with Crippen molar-refractivity contribution in [2.75, 3.05) is 13.1 Å². The molecule has 0 bridgehead atoms. The number of carbonyl (C=O) groups excluding carboxylic acids is 2. The Kier molecular flexibility index (Phi) is 6.17. The molecular formula is C25H27FN6O4. The summed E-state index contributed by atoms with van der Waals surface area (Å²) >= 11 is 0. The Balaban J connectivity index is 1.22. The van der Waals surface area contributed by atoms with Crippen molar-refractivity contribution in [1.29, 1.82) is 0 Å². The summed E-state index contributed by atoms with van der Waals surface area (Å²) in [5, 5.41) is 18.5.